The normalized spacial score (nSPS) is 12.9. The van der Waals surface area contributed by atoms with Crippen LogP contribution in [0.15, 0.2) is 30.3 Å². The predicted octanol–water partition coefficient (Wildman–Crippen LogP) is 3.82. The molecule has 15 heavy (non-hydrogen) atoms. The molecule has 0 aliphatic carbocycles. The molecule has 1 aromatic carbocycles. The third kappa shape index (κ3) is 4.18. The average Bonchev–Trinajstić information content (AvgIpc) is 2.16. The zero-order chi connectivity index (χ0) is 11.5. The molecular formula is C13H22OSi. The van der Waals surface area contributed by atoms with Crippen LogP contribution in [0.5, 0.6) is 0 Å². The fourth-order valence-electron chi connectivity index (χ4n) is 1.37. The van der Waals surface area contributed by atoms with E-state index in [0.717, 1.165) is 6.61 Å². The summed E-state index contributed by atoms with van der Waals surface area (Å²) in [6.45, 7) is 12.0. The van der Waals surface area contributed by atoms with Crippen LogP contribution in [0.2, 0.25) is 19.6 Å². The molecule has 1 nitrogen and oxygen atoms in total. The lowest BCUT2D eigenvalue weighted by molar-refractivity contribution is 0.234. The molecule has 0 unspecified atom stereocenters. The molecule has 0 saturated carbocycles. The standard InChI is InChI=1S/C13H22OSi/c1-13(2,11-14-15(3,4)5)12-9-7-6-8-10-12/h6-10H,11H2,1-5H3. The molecule has 2 heteroatoms. The summed E-state index contributed by atoms with van der Waals surface area (Å²) in [5.41, 5.74) is 1.46. The van der Waals surface area contributed by atoms with Crippen LogP contribution in [-0.4, -0.2) is 14.9 Å². The minimum absolute atomic E-state index is 0.113. The number of benzene rings is 1. The van der Waals surface area contributed by atoms with Crippen molar-refractivity contribution in [1.82, 2.24) is 0 Å². The second-order valence-electron chi connectivity index (χ2n) is 5.65. The molecule has 0 radical (unpaired) electrons. The predicted molar refractivity (Wildman–Crippen MR) is 68.8 cm³/mol. The van der Waals surface area contributed by atoms with Gasteiger partial charge in [0.1, 0.15) is 0 Å². The average molecular weight is 222 g/mol. The monoisotopic (exact) mass is 222 g/mol. The molecule has 0 heterocycles. The van der Waals surface area contributed by atoms with Gasteiger partial charge in [-0.3, -0.25) is 0 Å². The lowest BCUT2D eigenvalue weighted by Crippen LogP contribution is -2.34. The van der Waals surface area contributed by atoms with Crippen LogP contribution in [0.25, 0.3) is 0 Å². The molecule has 0 aliphatic heterocycles. The lowest BCUT2D eigenvalue weighted by atomic mass is 9.86. The van der Waals surface area contributed by atoms with E-state index in [0.29, 0.717) is 0 Å². The minimum Gasteiger partial charge on any atom is -0.417 e. The summed E-state index contributed by atoms with van der Waals surface area (Å²) in [5.74, 6) is 0. The zero-order valence-electron chi connectivity index (χ0n) is 10.5. The Balaban J connectivity index is 2.68. The van der Waals surface area contributed by atoms with Crippen LogP contribution >= 0.6 is 0 Å². The van der Waals surface area contributed by atoms with E-state index in [-0.39, 0.29) is 5.41 Å². The van der Waals surface area contributed by atoms with Crippen molar-refractivity contribution in [2.45, 2.75) is 38.9 Å². The van der Waals surface area contributed by atoms with Gasteiger partial charge in [0, 0.05) is 12.0 Å². The Morgan fingerprint density at radius 1 is 1.07 bits per heavy atom. The van der Waals surface area contributed by atoms with E-state index >= 15 is 0 Å². The van der Waals surface area contributed by atoms with Crippen molar-refractivity contribution in [2.75, 3.05) is 6.61 Å². The molecule has 0 aliphatic rings. The van der Waals surface area contributed by atoms with Crippen LogP contribution < -0.4 is 0 Å². The Labute approximate surface area is 94.6 Å². The maximum absolute atomic E-state index is 5.99. The topological polar surface area (TPSA) is 9.23 Å². The minimum atomic E-state index is -1.40. The van der Waals surface area contributed by atoms with Crippen molar-refractivity contribution in [1.29, 1.82) is 0 Å². The Morgan fingerprint density at radius 3 is 2.07 bits per heavy atom. The van der Waals surface area contributed by atoms with Crippen molar-refractivity contribution in [3.05, 3.63) is 35.9 Å². The largest absolute Gasteiger partial charge is 0.417 e. The van der Waals surface area contributed by atoms with E-state index < -0.39 is 8.32 Å². The molecule has 0 saturated heterocycles. The maximum atomic E-state index is 5.99. The fourth-order valence-corrected chi connectivity index (χ4v) is 2.16. The Morgan fingerprint density at radius 2 is 1.60 bits per heavy atom. The molecule has 0 bridgehead atoms. The Kier molecular flexibility index (Phi) is 3.74. The zero-order valence-corrected chi connectivity index (χ0v) is 11.5. The summed E-state index contributed by atoms with van der Waals surface area (Å²) in [4.78, 5) is 0. The van der Waals surface area contributed by atoms with Crippen molar-refractivity contribution in [2.24, 2.45) is 0 Å². The van der Waals surface area contributed by atoms with Gasteiger partial charge < -0.3 is 4.43 Å². The third-order valence-electron chi connectivity index (χ3n) is 2.42. The van der Waals surface area contributed by atoms with Gasteiger partial charge in [-0.05, 0) is 25.2 Å². The smallest absolute Gasteiger partial charge is 0.183 e. The Bertz CT molecular complexity index is 298. The first-order chi connectivity index (χ1) is 6.81. The van der Waals surface area contributed by atoms with Gasteiger partial charge in [0.25, 0.3) is 0 Å². The second-order valence-corrected chi connectivity index (χ2v) is 10.2. The highest BCUT2D eigenvalue weighted by Gasteiger charge is 2.24. The van der Waals surface area contributed by atoms with Crippen LogP contribution in [0.4, 0.5) is 0 Å². The van der Waals surface area contributed by atoms with Crippen LogP contribution in [0, 0.1) is 0 Å². The van der Waals surface area contributed by atoms with E-state index in [1.165, 1.54) is 5.56 Å². The van der Waals surface area contributed by atoms with Gasteiger partial charge in [-0.15, -0.1) is 0 Å². The number of hydrogen-bond donors (Lipinski definition) is 0. The first kappa shape index (κ1) is 12.5. The molecule has 0 N–H and O–H groups in total. The summed E-state index contributed by atoms with van der Waals surface area (Å²) < 4.78 is 5.99. The highest BCUT2D eigenvalue weighted by atomic mass is 28.4. The van der Waals surface area contributed by atoms with Gasteiger partial charge in [-0.1, -0.05) is 44.2 Å². The summed E-state index contributed by atoms with van der Waals surface area (Å²) in [7, 11) is -1.40. The summed E-state index contributed by atoms with van der Waals surface area (Å²) in [6.07, 6.45) is 0. The van der Waals surface area contributed by atoms with Crippen molar-refractivity contribution in [3.63, 3.8) is 0 Å². The summed E-state index contributed by atoms with van der Waals surface area (Å²) in [6, 6.07) is 10.6. The van der Waals surface area contributed by atoms with E-state index in [4.69, 9.17) is 4.43 Å². The van der Waals surface area contributed by atoms with E-state index in [1.807, 2.05) is 0 Å². The van der Waals surface area contributed by atoms with Gasteiger partial charge in [-0.25, -0.2) is 0 Å². The molecule has 0 spiro atoms. The first-order valence-electron chi connectivity index (χ1n) is 5.51. The molecule has 0 amide bonds. The van der Waals surface area contributed by atoms with Crippen molar-refractivity contribution in [3.8, 4) is 0 Å². The molecular weight excluding hydrogens is 200 g/mol. The maximum Gasteiger partial charge on any atom is 0.183 e. The van der Waals surface area contributed by atoms with E-state index in [1.54, 1.807) is 0 Å². The third-order valence-corrected chi connectivity index (χ3v) is 3.43. The van der Waals surface area contributed by atoms with E-state index in [9.17, 15) is 0 Å². The van der Waals surface area contributed by atoms with Gasteiger partial charge in [0.15, 0.2) is 8.32 Å². The first-order valence-corrected chi connectivity index (χ1v) is 8.92. The molecule has 0 fully saturated rings. The summed E-state index contributed by atoms with van der Waals surface area (Å²) in [5, 5.41) is 0. The lowest BCUT2D eigenvalue weighted by Gasteiger charge is -2.29. The van der Waals surface area contributed by atoms with Gasteiger partial charge in [0.2, 0.25) is 0 Å². The quantitative estimate of drug-likeness (QED) is 0.704. The van der Waals surface area contributed by atoms with Gasteiger partial charge in [-0.2, -0.15) is 0 Å². The van der Waals surface area contributed by atoms with Gasteiger partial charge >= 0.3 is 0 Å². The highest BCUT2D eigenvalue weighted by molar-refractivity contribution is 6.69. The van der Waals surface area contributed by atoms with Crippen LogP contribution in [-0.2, 0) is 9.84 Å². The molecule has 0 aromatic heterocycles. The summed E-state index contributed by atoms with van der Waals surface area (Å²) >= 11 is 0. The van der Waals surface area contributed by atoms with Crippen molar-refractivity contribution >= 4 is 8.32 Å². The number of hydrogen-bond acceptors (Lipinski definition) is 1. The molecule has 1 rings (SSSR count). The SMILES string of the molecule is CC(C)(CO[Si](C)(C)C)c1ccccc1. The van der Waals surface area contributed by atoms with Gasteiger partial charge in [0.05, 0.1) is 0 Å². The van der Waals surface area contributed by atoms with Crippen LogP contribution in [0.1, 0.15) is 19.4 Å². The van der Waals surface area contributed by atoms with Crippen molar-refractivity contribution < 1.29 is 4.43 Å². The second kappa shape index (κ2) is 4.50. The molecule has 0 atom stereocenters. The molecule has 84 valence electrons. The highest BCUT2D eigenvalue weighted by Crippen LogP contribution is 2.24. The van der Waals surface area contributed by atoms with Crippen LogP contribution in [0.3, 0.4) is 0 Å². The number of rotatable bonds is 4. The fraction of sp³-hybridized carbons (Fsp3) is 0.538. The molecule has 1 aromatic rings. The van der Waals surface area contributed by atoms with E-state index in [2.05, 4.69) is 63.8 Å². The Hall–Kier alpha value is -0.603.